The van der Waals surface area contributed by atoms with Gasteiger partial charge in [-0.25, -0.2) is 14.4 Å². The van der Waals surface area contributed by atoms with E-state index >= 15 is 0 Å². The lowest BCUT2D eigenvalue weighted by atomic mass is 9.85. The van der Waals surface area contributed by atoms with E-state index in [1.807, 2.05) is 6.07 Å². The first-order valence-electron chi connectivity index (χ1n) is 8.37. The number of hydrogen-bond donors (Lipinski definition) is 1. The van der Waals surface area contributed by atoms with E-state index in [2.05, 4.69) is 26.6 Å². The third-order valence-electron chi connectivity index (χ3n) is 4.34. The van der Waals surface area contributed by atoms with Crippen molar-refractivity contribution in [3.05, 3.63) is 64.7 Å². The zero-order chi connectivity index (χ0) is 21.2. The average molecular weight is 402 g/mol. The number of hydrogen-bond acceptors (Lipinski definition) is 5. The van der Waals surface area contributed by atoms with E-state index in [0.717, 1.165) is 6.07 Å². The van der Waals surface area contributed by atoms with Crippen molar-refractivity contribution in [2.24, 2.45) is 10.7 Å². The molecule has 0 saturated heterocycles. The fourth-order valence-corrected chi connectivity index (χ4v) is 2.90. The van der Waals surface area contributed by atoms with Gasteiger partial charge in [0.2, 0.25) is 0 Å². The van der Waals surface area contributed by atoms with Crippen LogP contribution in [0.2, 0.25) is 0 Å². The van der Waals surface area contributed by atoms with Crippen molar-refractivity contribution in [3.63, 3.8) is 0 Å². The maximum Gasteiger partial charge on any atom is 0.425 e. The van der Waals surface area contributed by atoms with Crippen LogP contribution in [-0.2, 0) is 10.3 Å². The fourth-order valence-electron chi connectivity index (χ4n) is 2.90. The van der Waals surface area contributed by atoms with Crippen LogP contribution in [-0.4, -0.2) is 23.3 Å². The number of halogens is 4. The van der Waals surface area contributed by atoms with Gasteiger partial charge in [0.05, 0.1) is 11.1 Å². The Morgan fingerprint density at radius 2 is 1.93 bits per heavy atom. The average Bonchev–Trinajstić information content (AvgIpc) is 2.66. The predicted molar refractivity (Wildman–Crippen MR) is 95.9 cm³/mol. The van der Waals surface area contributed by atoms with Crippen LogP contribution in [0, 0.1) is 29.0 Å². The summed E-state index contributed by atoms with van der Waals surface area (Å²) >= 11 is 0. The number of nitrogens with two attached hydrogens (primary N) is 1. The summed E-state index contributed by atoms with van der Waals surface area (Å²) in [7, 11) is 0. The second-order valence-electron chi connectivity index (χ2n) is 6.56. The summed E-state index contributed by atoms with van der Waals surface area (Å²) in [4.78, 5) is 7.93. The molecule has 0 amide bonds. The lowest BCUT2D eigenvalue weighted by Crippen LogP contribution is -2.46. The molecule has 1 aliphatic rings. The molecular formula is C20H14F4N4O. The topological polar surface area (TPSA) is 84.3 Å². The molecule has 0 saturated carbocycles. The van der Waals surface area contributed by atoms with Crippen LogP contribution < -0.4 is 5.73 Å². The smallest absolute Gasteiger partial charge is 0.425 e. The SMILES string of the molecule is CC1(c2cc(C#Cc3ccc(C#N)cn3)ccc2F)CC(C(F)(F)F)OC(N)=N1. The highest BCUT2D eigenvalue weighted by molar-refractivity contribution is 5.73. The lowest BCUT2D eigenvalue weighted by Gasteiger charge is -2.35. The number of aliphatic imine (C=N–C) groups is 1. The highest BCUT2D eigenvalue weighted by Gasteiger charge is 2.50. The van der Waals surface area contributed by atoms with Gasteiger partial charge in [-0.15, -0.1) is 0 Å². The second-order valence-corrected chi connectivity index (χ2v) is 6.56. The van der Waals surface area contributed by atoms with Crippen LogP contribution in [0.25, 0.3) is 0 Å². The van der Waals surface area contributed by atoms with Crippen LogP contribution in [0.5, 0.6) is 0 Å². The summed E-state index contributed by atoms with van der Waals surface area (Å²) in [5, 5.41) is 8.77. The maximum atomic E-state index is 14.5. The molecule has 2 heterocycles. The van der Waals surface area contributed by atoms with Gasteiger partial charge in [0.15, 0.2) is 6.10 Å². The quantitative estimate of drug-likeness (QED) is 0.586. The van der Waals surface area contributed by atoms with Crippen molar-refractivity contribution in [3.8, 4) is 17.9 Å². The zero-order valence-corrected chi connectivity index (χ0v) is 15.1. The number of ether oxygens (including phenoxy) is 1. The number of alkyl halides is 3. The molecule has 1 aliphatic heterocycles. The van der Waals surface area contributed by atoms with Crippen molar-refractivity contribution >= 4 is 6.02 Å². The van der Waals surface area contributed by atoms with E-state index in [1.165, 1.54) is 25.3 Å². The van der Waals surface area contributed by atoms with Crippen LogP contribution >= 0.6 is 0 Å². The van der Waals surface area contributed by atoms with Gasteiger partial charge in [-0.3, -0.25) is 0 Å². The molecule has 0 bridgehead atoms. The molecule has 9 heteroatoms. The van der Waals surface area contributed by atoms with Crippen LogP contribution in [0.4, 0.5) is 17.6 Å². The zero-order valence-electron chi connectivity index (χ0n) is 15.1. The normalized spacial score (nSPS) is 21.2. The Balaban J connectivity index is 1.96. The number of benzene rings is 1. The van der Waals surface area contributed by atoms with Crippen molar-refractivity contribution in [1.82, 2.24) is 4.98 Å². The van der Waals surface area contributed by atoms with Gasteiger partial charge in [0.1, 0.15) is 17.6 Å². The Morgan fingerprint density at radius 1 is 1.21 bits per heavy atom. The Kier molecular flexibility index (Phi) is 5.17. The van der Waals surface area contributed by atoms with Gasteiger partial charge in [-0.2, -0.15) is 18.4 Å². The first-order valence-corrected chi connectivity index (χ1v) is 8.37. The standard InChI is InChI=1S/C20H14F4N4O/c1-19(9-17(20(22,23)24)29-18(26)28-19)15-8-12(4-7-16(15)21)2-5-14-6-3-13(10-25)11-27-14/h3-4,6-8,11,17H,9H2,1H3,(H2,26,28). The molecule has 2 atom stereocenters. The monoisotopic (exact) mass is 402 g/mol. The Bertz CT molecular complexity index is 1060. The minimum atomic E-state index is -4.67. The molecule has 0 radical (unpaired) electrons. The molecule has 2 N–H and O–H groups in total. The van der Waals surface area contributed by atoms with Crippen LogP contribution in [0.15, 0.2) is 41.5 Å². The van der Waals surface area contributed by atoms with Gasteiger partial charge < -0.3 is 10.5 Å². The molecule has 1 aromatic carbocycles. The highest BCUT2D eigenvalue weighted by atomic mass is 19.4. The molecule has 2 aromatic rings. The minimum Gasteiger partial charge on any atom is -0.452 e. The summed E-state index contributed by atoms with van der Waals surface area (Å²) in [5.74, 6) is 4.81. The minimum absolute atomic E-state index is 0.0717. The molecule has 29 heavy (non-hydrogen) atoms. The maximum absolute atomic E-state index is 14.5. The first-order chi connectivity index (χ1) is 13.6. The van der Waals surface area contributed by atoms with Crippen molar-refractivity contribution < 1.29 is 22.3 Å². The molecule has 0 spiro atoms. The highest BCUT2D eigenvalue weighted by Crippen LogP contribution is 2.40. The Labute approximate surface area is 163 Å². The summed E-state index contributed by atoms with van der Waals surface area (Å²) in [6, 6.07) is 8.22. The summed E-state index contributed by atoms with van der Waals surface area (Å²) < 4.78 is 58.5. The number of nitriles is 1. The summed E-state index contributed by atoms with van der Waals surface area (Å²) in [6.45, 7) is 1.36. The largest absolute Gasteiger partial charge is 0.452 e. The van der Waals surface area contributed by atoms with Crippen molar-refractivity contribution in [2.45, 2.75) is 31.2 Å². The summed E-state index contributed by atoms with van der Waals surface area (Å²) in [5.41, 5.74) is 4.90. The Morgan fingerprint density at radius 3 is 2.55 bits per heavy atom. The third kappa shape index (κ3) is 4.46. The molecule has 3 rings (SSSR count). The van der Waals surface area contributed by atoms with E-state index < -0.39 is 36.1 Å². The van der Waals surface area contributed by atoms with Gasteiger partial charge in [0.25, 0.3) is 6.02 Å². The molecular weight excluding hydrogens is 388 g/mol. The van der Waals surface area contributed by atoms with E-state index in [1.54, 1.807) is 12.1 Å². The third-order valence-corrected chi connectivity index (χ3v) is 4.34. The number of rotatable bonds is 1. The van der Waals surface area contributed by atoms with Gasteiger partial charge in [0, 0.05) is 23.7 Å². The van der Waals surface area contributed by atoms with Crippen molar-refractivity contribution in [2.75, 3.05) is 0 Å². The first kappa shape index (κ1) is 20.2. The second kappa shape index (κ2) is 7.44. The number of pyridine rings is 1. The lowest BCUT2D eigenvalue weighted by molar-refractivity contribution is -0.208. The van der Waals surface area contributed by atoms with Gasteiger partial charge in [-0.1, -0.05) is 5.92 Å². The molecule has 5 nitrogen and oxygen atoms in total. The molecule has 2 unspecified atom stereocenters. The fraction of sp³-hybridized carbons (Fsp3) is 0.250. The predicted octanol–water partition coefficient (Wildman–Crippen LogP) is 3.37. The van der Waals surface area contributed by atoms with Crippen LogP contribution in [0.1, 0.15) is 35.7 Å². The molecule has 1 aromatic heterocycles. The van der Waals surface area contributed by atoms with Gasteiger partial charge >= 0.3 is 6.18 Å². The number of amidine groups is 1. The van der Waals surface area contributed by atoms with E-state index in [-0.39, 0.29) is 5.56 Å². The molecule has 148 valence electrons. The van der Waals surface area contributed by atoms with E-state index in [9.17, 15) is 17.6 Å². The number of aromatic nitrogens is 1. The Hall–Kier alpha value is -3.59. The molecule has 0 aliphatic carbocycles. The summed E-state index contributed by atoms with van der Waals surface area (Å²) in [6.07, 6.45) is -6.13. The van der Waals surface area contributed by atoms with Crippen LogP contribution in [0.3, 0.4) is 0 Å². The number of nitrogens with zero attached hydrogens (tertiary/aromatic N) is 3. The van der Waals surface area contributed by atoms with E-state index in [4.69, 9.17) is 11.0 Å². The molecule has 0 fully saturated rings. The van der Waals surface area contributed by atoms with Gasteiger partial charge in [-0.05, 0) is 43.2 Å². The van der Waals surface area contributed by atoms with Crippen molar-refractivity contribution in [1.29, 1.82) is 5.26 Å². The van der Waals surface area contributed by atoms with E-state index in [0.29, 0.717) is 16.8 Å².